The lowest BCUT2D eigenvalue weighted by Crippen LogP contribution is -2.98. The van der Waals surface area contributed by atoms with Gasteiger partial charge in [0.1, 0.15) is 0 Å². The lowest BCUT2D eigenvalue weighted by molar-refractivity contribution is -0.576. The van der Waals surface area contributed by atoms with E-state index in [1.54, 1.807) is 0 Å². The maximum absolute atomic E-state index is 13.7. The standard InChI is InChI=1S/C9H3F13O/c10-3-7(17,18)4(11,12)2(1-23,5(13,14)8(3,19)20)6(15,16)9(3,21)22/h23H,1H2. The predicted molar refractivity (Wildman–Crippen MR) is 43.0 cm³/mol. The third-order valence-electron chi connectivity index (χ3n) is 4.33. The quantitative estimate of drug-likeness (QED) is 0.697. The van der Waals surface area contributed by atoms with Crippen LogP contribution in [0.5, 0.6) is 0 Å². The summed E-state index contributed by atoms with van der Waals surface area (Å²) in [6, 6.07) is 0. The van der Waals surface area contributed by atoms with Gasteiger partial charge < -0.3 is 5.11 Å². The number of hydrogen-bond donors (Lipinski definition) is 1. The first-order valence-electron chi connectivity index (χ1n) is 5.38. The minimum Gasteiger partial charge on any atom is -0.395 e. The lowest BCUT2D eigenvalue weighted by Gasteiger charge is -2.66. The van der Waals surface area contributed by atoms with E-state index in [-0.39, 0.29) is 0 Å². The molecule has 2 bridgehead atoms. The van der Waals surface area contributed by atoms with Crippen LogP contribution in [-0.2, 0) is 0 Å². The zero-order chi connectivity index (χ0) is 18.7. The molecular weight excluding hydrogens is 371 g/mol. The Kier molecular flexibility index (Phi) is 2.93. The first-order valence-corrected chi connectivity index (χ1v) is 5.38. The summed E-state index contributed by atoms with van der Waals surface area (Å²) >= 11 is 0. The number of alkyl halides is 13. The van der Waals surface area contributed by atoms with Crippen molar-refractivity contribution in [3.63, 3.8) is 0 Å². The molecule has 0 radical (unpaired) electrons. The van der Waals surface area contributed by atoms with Crippen molar-refractivity contribution in [3.8, 4) is 0 Å². The Morgan fingerprint density at radius 3 is 0.826 bits per heavy atom. The second-order valence-electron chi connectivity index (χ2n) is 5.17. The smallest absolute Gasteiger partial charge is 0.357 e. The van der Waals surface area contributed by atoms with Gasteiger partial charge in [0.25, 0.3) is 0 Å². The van der Waals surface area contributed by atoms with Crippen molar-refractivity contribution >= 4 is 0 Å². The van der Waals surface area contributed by atoms with E-state index in [9.17, 15) is 57.1 Å². The molecule has 1 nitrogen and oxygen atoms in total. The molecule has 0 heterocycles. The Labute approximate surface area is 117 Å². The van der Waals surface area contributed by atoms with Crippen LogP contribution in [0.15, 0.2) is 0 Å². The molecule has 0 aliphatic heterocycles. The normalized spacial score (nSPS) is 44.1. The Morgan fingerprint density at radius 1 is 0.435 bits per heavy atom. The molecular formula is C9H3F13O. The van der Waals surface area contributed by atoms with E-state index in [4.69, 9.17) is 5.11 Å². The van der Waals surface area contributed by atoms with Crippen LogP contribution in [0.3, 0.4) is 0 Å². The Morgan fingerprint density at radius 2 is 0.652 bits per heavy atom. The number of hydrogen-bond acceptors (Lipinski definition) is 1. The van der Waals surface area contributed by atoms with Crippen LogP contribution in [0.25, 0.3) is 0 Å². The van der Waals surface area contributed by atoms with Crippen molar-refractivity contribution in [3.05, 3.63) is 0 Å². The highest BCUT2D eigenvalue weighted by molar-refractivity contribution is 5.41. The lowest BCUT2D eigenvalue weighted by atomic mass is 9.47. The Balaban J connectivity index is 3.15. The number of aliphatic hydroxyl groups excluding tert-OH is 1. The van der Waals surface area contributed by atoms with Crippen LogP contribution in [0, 0.1) is 5.41 Å². The molecule has 23 heavy (non-hydrogen) atoms. The molecule has 14 heteroatoms. The number of halogens is 13. The van der Waals surface area contributed by atoms with Crippen molar-refractivity contribution in [2.24, 2.45) is 5.41 Å². The molecule has 0 spiro atoms. The highest BCUT2D eigenvalue weighted by Crippen LogP contribution is 2.83. The first kappa shape index (κ1) is 18.4. The van der Waals surface area contributed by atoms with Gasteiger partial charge in [-0.1, -0.05) is 0 Å². The van der Waals surface area contributed by atoms with Crippen molar-refractivity contribution < 1.29 is 62.2 Å². The molecule has 0 aromatic rings. The van der Waals surface area contributed by atoms with Crippen molar-refractivity contribution in [1.29, 1.82) is 0 Å². The second kappa shape index (κ2) is 3.67. The van der Waals surface area contributed by atoms with E-state index in [1.165, 1.54) is 0 Å². The van der Waals surface area contributed by atoms with E-state index >= 15 is 0 Å². The predicted octanol–water partition coefficient (Wildman–Crippen LogP) is 3.51. The van der Waals surface area contributed by atoms with Gasteiger partial charge in [0.2, 0.25) is 5.41 Å². The first-order chi connectivity index (χ1) is 9.81. The van der Waals surface area contributed by atoms with Gasteiger partial charge in [-0.15, -0.1) is 0 Å². The van der Waals surface area contributed by atoms with Crippen molar-refractivity contribution in [1.82, 2.24) is 0 Å². The Bertz CT molecular complexity index is 478. The fraction of sp³-hybridized carbons (Fsp3) is 1.00. The van der Waals surface area contributed by atoms with Gasteiger partial charge in [-0.05, 0) is 0 Å². The van der Waals surface area contributed by atoms with Crippen LogP contribution in [0.4, 0.5) is 57.1 Å². The number of rotatable bonds is 1. The molecule has 1 N–H and O–H groups in total. The third kappa shape index (κ3) is 1.11. The van der Waals surface area contributed by atoms with Crippen LogP contribution in [0.1, 0.15) is 0 Å². The summed E-state index contributed by atoms with van der Waals surface area (Å²) in [5.74, 6) is -43.5. The van der Waals surface area contributed by atoms with Crippen LogP contribution in [-0.4, -0.2) is 52.9 Å². The molecule has 0 amide bonds. The zero-order valence-corrected chi connectivity index (χ0v) is 10.1. The van der Waals surface area contributed by atoms with Gasteiger partial charge in [-0.2, -0.15) is 52.7 Å². The largest absolute Gasteiger partial charge is 0.395 e. The number of aliphatic hydroxyl groups is 1. The Hall–Kier alpha value is -0.950. The summed E-state index contributed by atoms with van der Waals surface area (Å²) in [7, 11) is 0. The van der Waals surface area contributed by atoms with Gasteiger partial charge in [0.05, 0.1) is 6.61 Å². The van der Waals surface area contributed by atoms with E-state index in [1.807, 2.05) is 0 Å². The fourth-order valence-electron chi connectivity index (χ4n) is 2.93. The molecule has 0 saturated heterocycles. The van der Waals surface area contributed by atoms with Gasteiger partial charge in [-0.3, -0.25) is 0 Å². The molecule has 0 atom stereocenters. The summed E-state index contributed by atoms with van der Waals surface area (Å²) in [4.78, 5) is 0. The average Bonchev–Trinajstić information content (AvgIpc) is 2.34. The summed E-state index contributed by atoms with van der Waals surface area (Å²) < 4.78 is 174. The van der Waals surface area contributed by atoms with Crippen molar-refractivity contribution in [2.75, 3.05) is 6.61 Å². The topological polar surface area (TPSA) is 20.2 Å². The molecule has 3 fully saturated rings. The van der Waals surface area contributed by atoms with Gasteiger partial charge in [-0.25, -0.2) is 4.39 Å². The minimum atomic E-state index is -7.61. The second-order valence-corrected chi connectivity index (χ2v) is 5.17. The zero-order valence-electron chi connectivity index (χ0n) is 10.1. The molecule has 3 aliphatic carbocycles. The van der Waals surface area contributed by atoms with Crippen molar-refractivity contribution in [2.45, 2.75) is 41.2 Å². The highest BCUT2D eigenvalue weighted by Gasteiger charge is 3.14. The maximum atomic E-state index is 13.7. The summed E-state index contributed by atoms with van der Waals surface area (Å²) in [5.41, 5.74) is -14.3. The van der Waals surface area contributed by atoms with Gasteiger partial charge >= 0.3 is 41.2 Å². The number of fused-ring (bicyclic) bond motifs is 3. The average molecular weight is 374 g/mol. The van der Waals surface area contributed by atoms with E-state index in [2.05, 4.69) is 0 Å². The molecule has 0 unspecified atom stereocenters. The van der Waals surface area contributed by atoms with Crippen LogP contribution < -0.4 is 0 Å². The SMILES string of the molecule is OCC12C(F)(F)C(F)(F)C(F)(C(F)(F)C1(F)F)C(F)(F)C2(F)F. The molecule has 136 valence electrons. The summed E-state index contributed by atoms with van der Waals surface area (Å²) in [6.07, 6.45) is 0. The highest BCUT2D eigenvalue weighted by atomic mass is 19.4. The van der Waals surface area contributed by atoms with Gasteiger partial charge in [0.15, 0.2) is 0 Å². The third-order valence-corrected chi connectivity index (χ3v) is 4.33. The molecule has 3 rings (SSSR count). The van der Waals surface area contributed by atoms with E-state index in [0.29, 0.717) is 0 Å². The maximum Gasteiger partial charge on any atom is 0.357 e. The fourth-order valence-corrected chi connectivity index (χ4v) is 2.93. The van der Waals surface area contributed by atoms with Crippen LogP contribution in [0.2, 0.25) is 0 Å². The van der Waals surface area contributed by atoms with Gasteiger partial charge in [0, 0.05) is 0 Å². The molecule has 0 aromatic heterocycles. The minimum absolute atomic E-state index is 3.60. The summed E-state index contributed by atoms with van der Waals surface area (Å²) in [6.45, 7) is -3.60. The molecule has 0 aromatic carbocycles. The molecule has 3 saturated carbocycles. The summed E-state index contributed by atoms with van der Waals surface area (Å²) in [5, 5.41) is 8.39. The van der Waals surface area contributed by atoms with E-state index in [0.717, 1.165) is 0 Å². The molecule has 3 aliphatic rings. The van der Waals surface area contributed by atoms with Crippen LogP contribution >= 0.6 is 0 Å². The van der Waals surface area contributed by atoms with E-state index < -0.39 is 53.2 Å². The monoisotopic (exact) mass is 374 g/mol.